The van der Waals surface area contributed by atoms with E-state index in [4.69, 9.17) is 33.2 Å². The van der Waals surface area contributed by atoms with Gasteiger partial charge in [-0.05, 0) is 62.5 Å². The topological polar surface area (TPSA) is 105 Å². The lowest BCUT2D eigenvalue weighted by atomic mass is 9.89. The summed E-state index contributed by atoms with van der Waals surface area (Å²) in [6, 6.07) is 10.2. The number of cyclic esters (lactones) is 1. The van der Waals surface area contributed by atoms with Gasteiger partial charge in [-0.3, -0.25) is 0 Å². The molecule has 1 N–H and O–H groups in total. The van der Waals surface area contributed by atoms with Crippen molar-refractivity contribution in [3.05, 3.63) is 70.7 Å². The zero-order chi connectivity index (χ0) is 27.3. The van der Waals surface area contributed by atoms with Gasteiger partial charge in [-0.2, -0.15) is 0 Å². The van der Waals surface area contributed by atoms with Crippen molar-refractivity contribution >= 4 is 5.97 Å². The van der Waals surface area contributed by atoms with Crippen LogP contribution < -0.4 is 18.9 Å². The number of benzene rings is 2. The van der Waals surface area contributed by atoms with Crippen molar-refractivity contribution in [3.8, 4) is 23.0 Å². The largest absolute Gasteiger partial charge is 0.497 e. The van der Waals surface area contributed by atoms with Gasteiger partial charge in [0.05, 0.1) is 27.9 Å². The fraction of sp³-hybridized carbons (Fsp3) is 0.393. The van der Waals surface area contributed by atoms with Gasteiger partial charge in [-0.15, -0.1) is 0 Å². The molecule has 0 saturated carbocycles. The molecule has 10 heteroatoms. The molecular formula is C28H33NO9. The van der Waals surface area contributed by atoms with E-state index in [-0.39, 0.29) is 30.1 Å². The van der Waals surface area contributed by atoms with E-state index < -0.39 is 11.8 Å². The molecule has 0 radical (unpaired) electrons. The number of hydrogen-bond acceptors (Lipinski definition) is 10. The lowest BCUT2D eigenvalue weighted by Gasteiger charge is -2.26. The first kappa shape index (κ1) is 27.2. The van der Waals surface area contributed by atoms with Crippen LogP contribution in [-0.2, 0) is 31.2 Å². The minimum Gasteiger partial charge on any atom is -0.497 e. The van der Waals surface area contributed by atoms with Crippen LogP contribution >= 0.6 is 0 Å². The van der Waals surface area contributed by atoms with E-state index in [1.54, 1.807) is 50.6 Å². The molecule has 1 atom stereocenters. The van der Waals surface area contributed by atoms with Crippen molar-refractivity contribution < 1.29 is 43.1 Å². The normalized spacial score (nSPS) is 18.6. The molecule has 0 saturated heterocycles. The smallest absolute Gasteiger partial charge is 0.345 e. The summed E-state index contributed by atoms with van der Waals surface area (Å²) in [4.78, 5) is 15.2. The van der Waals surface area contributed by atoms with Gasteiger partial charge in [0.2, 0.25) is 12.5 Å². The molecule has 2 aliphatic heterocycles. The zero-order valence-corrected chi connectivity index (χ0v) is 22.2. The Labute approximate surface area is 221 Å². The Morgan fingerprint density at radius 1 is 1.03 bits per heavy atom. The van der Waals surface area contributed by atoms with Gasteiger partial charge < -0.3 is 43.2 Å². The highest BCUT2D eigenvalue weighted by molar-refractivity contribution is 5.97. The first-order valence-electron chi connectivity index (χ1n) is 12.1. The summed E-state index contributed by atoms with van der Waals surface area (Å²) in [6.07, 6.45) is 2.26. The van der Waals surface area contributed by atoms with Crippen molar-refractivity contribution in [2.45, 2.75) is 18.6 Å². The summed E-state index contributed by atoms with van der Waals surface area (Å²) in [7, 11) is 8.62. The molecule has 0 fully saturated rings. The van der Waals surface area contributed by atoms with Gasteiger partial charge in [-0.1, -0.05) is 0 Å². The number of methoxy groups -OCH3 is 3. The molecule has 0 amide bonds. The minimum atomic E-state index is -2.05. The molecule has 1 unspecified atom stereocenters. The lowest BCUT2D eigenvalue weighted by molar-refractivity contribution is -0.186. The predicted molar refractivity (Wildman–Crippen MR) is 137 cm³/mol. The van der Waals surface area contributed by atoms with Gasteiger partial charge >= 0.3 is 5.97 Å². The molecule has 0 spiro atoms. The average molecular weight is 528 g/mol. The fourth-order valence-electron chi connectivity index (χ4n) is 4.38. The van der Waals surface area contributed by atoms with Crippen LogP contribution in [0, 0.1) is 0 Å². The van der Waals surface area contributed by atoms with E-state index in [1.807, 2.05) is 14.1 Å². The van der Waals surface area contributed by atoms with E-state index >= 15 is 0 Å². The van der Waals surface area contributed by atoms with E-state index in [1.165, 1.54) is 13.4 Å². The van der Waals surface area contributed by atoms with Gasteiger partial charge in [0.15, 0.2) is 17.3 Å². The molecule has 10 nitrogen and oxygen atoms in total. The second-order valence-corrected chi connectivity index (χ2v) is 9.04. The standard InChI is InChI=1S/C28H33NO9/c1-29(2)11-6-12-36-23-15-18(14-22(33-4)26(23)34-5)13-21-25(24-16-35-17-37-24)27(30)38-28(21,31)19-7-9-20(32-3)10-8-19/h7-10,14-16,31H,6,11-13,17H2,1-5H3. The minimum absolute atomic E-state index is 0.0400. The van der Waals surface area contributed by atoms with Gasteiger partial charge in [-0.25, -0.2) is 4.79 Å². The summed E-state index contributed by atoms with van der Waals surface area (Å²) in [5.41, 5.74) is 1.44. The second-order valence-electron chi connectivity index (χ2n) is 9.04. The Hall–Kier alpha value is -3.89. The third-order valence-corrected chi connectivity index (χ3v) is 6.25. The molecule has 0 aliphatic carbocycles. The number of carbonyl (C=O) groups excluding carboxylic acids is 1. The molecule has 2 aliphatic rings. The third-order valence-electron chi connectivity index (χ3n) is 6.25. The number of hydrogen-bond donors (Lipinski definition) is 1. The van der Waals surface area contributed by atoms with Crippen LogP contribution in [0.1, 0.15) is 17.5 Å². The van der Waals surface area contributed by atoms with Crippen LogP contribution in [0.3, 0.4) is 0 Å². The first-order valence-corrected chi connectivity index (χ1v) is 12.1. The first-order chi connectivity index (χ1) is 18.3. The number of aliphatic hydroxyl groups is 1. The van der Waals surface area contributed by atoms with Gasteiger partial charge in [0, 0.05) is 24.1 Å². The number of esters is 1. The Kier molecular flexibility index (Phi) is 8.33. The van der Waals surface area contributed by atoms with Crippen LogP contribution in [-0.4, -0.2) is 71.3 Å². The van der Waals surface area contributed by atoms with Crippen LogP contribution in [0.4, 0.5) is 0 Å². The zero-order valence-electron chi connectivity index (χ0n) is 22.2. The van der Waals surface area contributed by atoms with Crippen molar-refractivity contribution in [2.24, 2.45) is 0 Å². The lowest BCUT2D eigenvalue weighted by Crippen LogP contribution is -2.29. The Bertz CT molecular complexity index is 1220. The molecule has 2 aromatic rings. The summed E-state index contributed by atoms with van der Waals surface area (Å²) in [5, 5.41) is 11.8. The Morgan fingerprint density at radius 3 is 2.37 bits per heavy atom. The number of ether oxygens (including phenoxy) is 7. The molecule has 4 rings (SSSR count). The van der Waals surface area contributed by atoms with E-state index in [2.05, 4.69) is 4.90 Å². The van der Waals surface area contributed by atoms with E-state index in [0.29, 0.717) is 40.7 Å². The molecule has 0 aromatic heterocycles. The maximum atomic E-state index is 13.1. The highest BCUT2D eigenvalue weighted by Crippen LogP contribution is 2.46. The molecule has 2 heterocycles. The fourth-order valence-corrected chi connectivity index (χ4v) is 4.38. The van der Waals surface area contributed by atoms with Crippen LogP contribution in [0.2, 0.25) is 0 Å². The molecule has 38 heavy (non-hydrogen) atoms. The maximum Gasteiger partial charge on any atom is 0.345 e. The Balaban J connectivity index is 1.76. The second kappa shape index (κ2) is 11.7. The van der Waals surface area contributed by atoms with Gasteiger partial charge in [0.1, 0.15) is 17.6 Å². The molecule has 2 aromatic carbocycles. The van der Waals surface area contributed by atoms with Gasteiger partial charge in [0.25, 0.3) is 5.79 Å². The maximum absolute atomic E-state index is 13.1. The van der Waals surface area contributed by atoms with Crippen molar-refractivity contribution in [3.63, 3.8) is 0 Å². The number of rotatable bonds is 12. The van der Waals surface area contributed by atoms with Crippen LogP contribution in [0.15, 0.2) is 59.6 Å². The third kappa shape index (κ3) is 5.51. The quantitative estimate of drug-likeness (QED) is 0.327. The van der Waals surface area contributed by atoms with E-state index in [9.17, 15) is 9.90 Å². The van der Waals surface area contributed by atoms with Crippen LogP contribution in [0.25, 0.3) is 0 Å². The highest BCUT2D eigenvalue weighted by Gasteiger charge is 2.49. The average Bonchev–Trinajstić information content (AvgIpc) is 3.52. The highest BCUT2D eigenvalue weighted by atomic mass is 16.7. The number of nitrogens with zero attached hydrogens (tertiary/aromatic N) is 1. The predicted octanol–water partition coefficient (Wildman–Crippen LogP) is 3.13. The van der Waals surface area contributed by atoms with E-state index in [0.717, 1.165) is 13.0 Å². The summed E-state index contributed by atoms with van der Waals surface area (Å²) >= 11 is 0. The SMILES string of the molecule is COc1ccc(C2(O)OC(=O)C(C3=COCO3)=C2Cc2cc(OC)c(OC)c(OCCCN(C)C)c2)cc1. The summed E-state index contributed by atoms with van der Waals surface area (Å²) in [6.45, 7) is 1.28. The molecule has 0 bridgehead atoms. The monoisotopic (exact) mass is 527 g/mol. The van der Waals surface area contributed by atoms with Crippen molar-refractivity contribution in [1.82, 2.24) is 4.90 Å². The molecule has 204 valence electrons. The summed E-state index contributed by atoms with van der Waals surface area (Å²) in [5.74, 6) is -0.599. The Morgan fingerprint density at radius 2 is 1.76 bits per heavy atom. The van der Waals surface area contributed by atoms with Crippen molar-refractivity contribution in [2.75, 3.05) is 55.4 Å². The number of carbonyl (C=O) groups is 1. The van der Waals surface area contributed by atoms with Crippen LogP contribution in [0.5, 0.6) is 23.0 Å². The molecular weight excluding hydrogens is 494 g/mol. The summed E-state index contributed by atoms with van der Waals surface area (Å²) < 4.78 is 38.7. The van der Waals surface area contributed by atoms with Crippen molar-refractivity contribution in [1.29, 1.82) is 0 Å².